The van der Waals surface area contributed by atoms with Crippen molar-refractivity contribution in [3.05, 3.63) is 0 Å². The smallest absolute Gasteiger partial charge is 0.550 e. The predicted molar refractivity (Wildman–Crippen MR) is 112 cm³/mol. The summed E-state index contributed by atoms with van der Waals surface area (Å²) in [6.45, 7) is 0. The van der Waals surface area contributed by atoms with Gasteiger partial charge in [0.05, 0.1) is 0 Å². The molecule has 0 unspecified atom stereocenters. The van der Waals surface area contributed by atoms with Crippen LogP contribution in [0.4, 0.5) is 0 Å². The number of carbonyl (C=O) groups excluding carboxylic acids is 1. The van der Waals surface area contributed by atoms with Crippen LogP contribution >= 0.6 is 7.92 Å². The maximum absolute atomic E-state index is 10.4. The Morgan fingerprint density at radius 2 is 1.07 bits per heavy atom. The summed E-state index contributed by atoms with van der Waals surface area (Å²) < 4.78 is 0. The van der Waals surface area contributed by atoms with Gasteiger partial charge in [-0.25, -0.2) is 0 Å². The Kier molecular flexibility index (Phi) is 17.0. The number of hydrogen-bond acceptors (Lipinski definition) is 2. The topological polar surface area (TPSA) is 40.1 Å². The summed E-state index contributed by atoms with van der Waals surface area (Å²) in [5, 5.41) is 10.4. The molecule has 0 aromatic carbocycles. The third-order valence-electron chi connectivity index (χ3n) is 6.63. The molecular formula is C23H42KO2P. The number of carbonyl (C=O) groups is 1. The summed E-state index contributed by atoms with van der Waals surface area (Å²) in [6, 6.07) is 0. The molecule has 0 saturated heterocycles. The normalized spacial score (nSPS) is 19.1. The first-order valence-electron chi connectivity index (χ1n) is 11.7. The molecule has 0 spiro atoms. The van der Waals surface area contributed by atoms with Crippen molar-refractivity contribution in [2.24, 2.45) is 0 Å². The average molecular weight is 421 g/mol. The Balaban J connectivity index is 0.00000364. The molecule has 0 aliphatic heterocycles. The second-order valence-electron chi connectivity index (χ2n) is 8.77. The first-order chi connectivity index (χ1) is 12.8. The first-order valence-corrected chi connectivity index (χ1v) is 13.4. The molecule has 27 heavy (non-hydrogen) atoms. The van der Waals surface area contributed by atoms with Gasteiger partial charge in [0.15, 0.2) is 0 Å². The van der Waals surface area contributed by atoms with Gasteiger partial charge in [-0.15, -0.1) is 7.92 Å². The van der Waals surface area contributed by atoms with Gasteiger partial charge in [-0.2, -0.15) is 0 Å². The third kappa shape index (κ3) is 12.1. The van der Waals surface area contributed by atoms with E-state index in [1.165, 1.54) is 77.0 Å². The number of unbranched alkanes of at least 4 members (excludes halogenated alkanes) is 7. The van der Waals surface area contributed by atoms with Gasteiger partial charge in [0, 0.05) is 5.97 Å². The zero-order chi connectivity index (χ0) is 18.5. The molecule has 0 bridgehead atoms. The average Bonchev–Trinajstić information content (AvgIpc) is 2.67. The maximum atomic E-state index is 10.4. The van der Waals surface area contributed by atoms with E-state index in [9.17, 15) is 9.90 Å². The summed E-state index contributed by atoms with van der Waals surface area (Å²) >= 11 is 0. The Morgan fingerprint density at radius 3 is 1.52 bits per heavy atom. The summed E-state index contributed by atoms with van der Waals surface area (Å²) in [6.07, 6.45) is 27.0. The maximum Gasteiger partial charge on any atom is 1.00 e. The van der Waals surface area contributed by atoms with Crippen molar-refractivity contribution < 1.29 is 61.3 Å². The molecule has 0 amide bonds. The van der Waals surface area contributed by atoms with Crippen LogP contribution in [0.5, 0.6) is 0 Å². The summed E-state index contributed by atoms with van der Waals surface area (Å²) in [4.78, 5) is 10.4. The van der Waals surface area contributed by atoms with E-state index in [1.54, 1.807) is 31.8 Å². The zero-order valence-electron chi connectivity index (χ0n) is 18.1. The van der Waals surface area contributed by atoms with E-state index in [0.29, 0.717) is 7.92 Å². The Labute approximate surface area is 212 Å². The molecule has 2 nitrogen and oxygen atoms in total. The van der Waals surface area contributed by atoms with Crippen LogP contribution in [0.15, 0.2) is 0 Å². The second-order valence-corrected chi connectivity index (χ2v) is 11.7. The van der Waals surface area contributed by atoms with Crippen LogP contribution < -0.4 is 56.5 Å². The van der Waals surface area contributed by atoms with Gasteiger partial charge in [0.1, 0.15) is 0 Å². The van der Waals surface area contributed by atoms with Crippen molar-refractivity contribution in [3.8, 4) is 0 Å². The van der Waals surface area contributed by atoms with Crippen LogP contribution in [0.25, 0.3) is 0 Å². The van der Waals surface area contributed by atoms with Crippen molar-refractivity contribution in [3.63, 3.8) is 0 Å². The van der Waals surface area contributed by atoms with Crippen molar-refractivity contribution in [1.82, 2.24) is 0 Å². The molecule has 152 valence electrons. The molecule has 0 heterocycles. The van der Waals surface area contributed by atoms with E-state index in [-0.39, 0.29) is 57.8 Å². The molecule has 2 rings (SSSR count). The third-order valence-corrected chi connectivity index (χ3v) is 10.4. The van der Waals surface area contributed by atoms with Crippen molar-refractivity contribution in [2.75, 3.05) is 6.16 Å². The van der Waals surface area contributed by atoms with E-state index >= 15 is 0 Å². The monoisotopic (exact) mass is 420 g/mol. The molecular weight excluding hydrogens is 378 g/mol. The largest absolute Gasteiger partial charge is 1.00 e. The van der Waals surface area contributed by atoms with Crippen LogP contribution in [0, 0.1) is 0 Å². The zero-order valence-corrected chi connectivity index (χ0v) is 22.1. The minimum atomic E-state index is -0.891. The molecule has 0 radical (unpaired) electrons. The molecule has 0 aromatic heterocycles. The van der Waals surface area contributed by atoms with E-state index in [1.807, 2.05) is 0 Å². The fourth-order valence-corrected chi connectivity index (χ4v) is 9.09. The minimum Gasteiger partial charge on any atom is -0.550 e. The molecule has 0 N–H and O–H groups in total. The standard InChI is InChI=1S/C23H43O2P.K/c24-23(25)19-13-5-3-1-2-4-6-14-20-26(21-15-9-7-10-16-21)22-17-11-8-12-18-22;/h21-22H,1-20H2,(H,24,25);/q;+1/p-1. The fourth-order valence-electron chi connectivity index (χ4n) is 5.11. The van der Waals surface area contributed by atoms with E-state index < -0.39 is 5.97 Å². The Morgan fingerprint density at radius 1 is 0.667 bits per heavy atom. The molecule has 4 heteroatoms. The van der Waals surface area contributed by atoms with Crippen molar-refractivity contribution in [1.29, 1.82) is 0 Å². The number of carboxylic acids is 1. The van der Waals surface area contributed by atoms with Crippen LogP contribution in [-0.2, 0) is 4.79 Å². The molecule has 2 saturated carbocycles. The number of hydrogen-bond donors (Lipinski definition) is 0. The van der Waals surface area contributed by atoms with Crippen molar-refractivity contribution >= 4 is 13.9 Å². The van der Waals surface area contributed by atoms with Crippen LogP contribution in [0.1, 0.15) is 122 Å². The Bertz CT molecular complexity index is 347. The molecule has 2 aliphatic rings. The van der Waals surface area contributed by atoms with Gasteiger partial charge >= 0.3 is 51.4 Å². The van der Waals surface area contributed by atoms with Crippen LogP contribution in [0.2, 0.25) is 0 Å². The summed E-state index contributed by atoms with van der Waals surface area (Å²) in [5.41, 5.74) is 2.23. The number of rotatable bonds is 13. The summed E-state index contributed by atoms with van der Waals surface area (Å²) in [5.74, 6) is -0.891. The van der Waals surface area contributed by atoms with Crippen molar-refractivity contribution in [2.45, 2.75) is 133 Å². The van der Waals surface area contributed by atoms with Gasteiger partial charge in [0.25, 0.3) is 0 Å². The SMILES string of the molecule is O=C([O-])CCCCCCCCCCP(C1CCCCC1)C1CCCCC1.[K+]. The van der Waals surface area contributed by atoms with Gasteiger partial charge in [-0.3, -0.25) is 0 Å². The molecule has 0 aromatic rings. The Hall–Kier alpha value is 1.54. The van der Waals surface area contributed by atoms with Crippen LogP contribution in [0.3, 0.4) is 0 Å². The summed E-state index contributed by atoms with van der Waals surface area (Å²) in [7, 11) is 0.303. The molecule has 0 atom stereocenters. The van der Waals surface area contributed by atoms with Gasteiger partial charge in [-0.05, 0) is 62.4 Å². The predicted octanol–water partition coefficient (Wildman–Crippen LogP) is 3.40. The fraction of sp³-hybridized carbons (Fsp3) is 0.957. The van der Waals surface area contributed by atoms with Gasteiger partial charge in [-0.1, -0.05) is 77.0 Å². The van der Waals surface area contributed by atoms with E-state index in [2.05, 4.69) is 0 Å². The van der Waals surface area contributed by atoms with Gasteiger partial charge in [0.2, 0.25) is 0 Å². The van der Waals surface area contributed by atoms with E-state index in [4.69, 9.17) is 0 Å². The number of carboxylic acid groups (broad SMARTS) is 1. The first kappa shape index (κ1) is 26.6. The quantitative estimate of drug-likeness (QED) is 0.260. The molecule has 2 aliphatic carbocycles. The van der Waals surface area contributed by atoms with Crippen LogP contribution in [-0.4, -0.2) is 23.4 Å². The van der Waals surface area contributed by atoms with E-state index in [0.717, 1.165) is 24.2 Å². The number of aliphatic carboxylic acids is 1. The van der Waals surface area contributed by atoms with Gasteiger partial charge < -0.3 is 9.90 Å². The molecule has 2 fully saturated rings. The second kappa shape index (κ2) is 17.2. The minimum absolute atomic E-state index is 0.